The number of anilines is 2. The largest absolute Gasteiger partial charge is 0.465 e. The van der Waals surface area contributed by atoms with Gasteiger partial charge in [-0.25, -0.2) is 19.7 Å². The van der Waals surface area contributed by atoms with E-state index in [0.29, 0.717) is 30.9 Å². The van der Waals surface area contributed by atoms with E-state index in [2.05, 4.69) is 24.8 Å². The Labute approximate surface area is 179 Å². The highest BCUT2D eigenvalue weighted by molar-refractivity contribution is 6.02. The number of nitrogens with two attached hydrogens (primary N) is 1. The van der Waals surface area contributed by atoms with Gasteiger partial charge in [0, 0.05) is 42.8 Å². The van der Waals surface area contributed by atoms with E-state index < -0.39 is 23.8 Å². The summed E-state index contributed by atoms with van der Waals surface area (Å²) < 4.78 is 0. The molecular weight excluding hydrogens is 398 g/mol. The second-order valence-electron chi connectivity index (χ2n) is 8.75. The summed E-state index contributed by atoms with van der Waals surface area (Å²) in [6, 6.07) is 3.21. The highest BCUT2D eigenvalue weighted by Crippen LogP contribution is 2.36. The molecule has 3 aromatic rings. The molecule has 10 heteroatoms. The molecule has 3 aromatic heterocycles. The van der Waals surface area contributed by atoms with Crippen molar-refractivity contribution in [3.63, 3.8) is 0 Å². The molecule has 10 nitrogen and oxygen atoms in total. The van der Waals surface area contributed by atoms with Crippen molar-refractivity contribution >= 4 is 28.8 Å². The van der Waals surface area contributed by atoms with Crippen molar-refractivity contribution in [1.29, 1.82) is 0 Å². The summed E-state index contributed by atoms with van der Waals surface area (Å²) >= 11 is 0. The number of carboxylic acid groups (broad SMARTS) is 1. The van der Waals surface area contributed by atoms with Gasteiger partial charge in [0.1, 0.15) is 5.65 Å². The van der Waals surface area contributed by atoms with Crippen LogP contribution in [-0.4, -0.2) is 71.9 Å². The van der Waals surface area contributed by atoms with Crippen LogP contribution in [0.2, 0.25) is 0 Å². The normalized spacial score (nSPS) is 19.5. The topological polar surface area (TPSA) is 144 Å². The number of hydrogen-bond donors (Lipinski definition) is 4. The smallest absolute Gasteiger partial charge is 0.408 e. The molecule has 164 valence electrons. The van der Waals surface area contributed by atoms with Gasteiger partial charge in [-0.2, -0.15) is 0 Å². The lowest BCUT2D eigenvalue weighted by Gasteiger charge is -2.46. The molecule has 1 fully saturated rings. The number of nitrogens with zero attached hydrogens (tertiary/aromatic N) is 5. The van der Waals surface area contributed by atoms with Gasteiger partial charge in [-0.3, -0.25) is 4.90 Å². The molecule has 5 N–H and O–H groups in total. The van der Waals surface area contributed by atoms with Gasteiger partial charge >= 0.3 is 6.09 Å². The zero-order valence-electron chi connectivity index (χ0n) is 17.8. The summed E-state index contributed by atoms with van der Waals surface area (Å²) in [7, 11) is 0. The average Bonchev–Trinajstić information content (AvgIpc) is 3.12. The molecule has 2 atom stereocenters. The second-order valence-corrected chi connectivity index (χ2v) is 8.75. The maximum Gasteiger partial charge on any atom is 0.408 e. The van der Waals surface area contributed by atoms with Crippen LogP contribution in [0.15, 0.2) is 30.7 Å². The lowest BCUT2D eigenvalue weighted by atomic mass is 9.94. The van der Waals surface area contributed by atoms with Crippen molar-refractivity contribution < 1.29 is 15.0 Å². The number of nitrogens with one attached hydrogen (secondary N) is 1. The third kappa shape index (κ3) is 3.86. The summed E-state index contributed by atoms with van der Waals surface area (Å²) in [5.74, 6) is 0.185. The van der Waals surface area contributed by atoms with Gasteiger partial charge in [0.25, 0.3) is 0 Å². The minimum absolute atomic E-state index is 0.185. The lowest BCUT2D eigenvalue weighted by Crippen LogP contribution is -2.60. The van der Waals surface area contributed by atoms with Gasteiger partial charge in [-0.1, -0.05) is 0 Å². The molecule has 1 amide bonds. The number of piperidine rings is 1. The number of fused-ring (bicyclic) bond motifs is 1. The first kappa shape index (κ1) is 20.9. The maximum absolute atomic E-state index is 11.9. The molecule has 0 spiro atoms. The Morgan fingerprint density at radius 2 is 2.03 bits per heavy atom. The van der Waals surface area contributed by atoms with E-state index in [1.54, 1.807) is 18.5 Å². The number of aliphatic hydroxyl groups excluding tert-OH is 1. The Balaban J connectivity index is 1.68. The van der Waals surface area contributed by atoms with E-state index in [9.17, 15) is 15.0 Å². The molecule has 0 unspecified atom stereocenters. The minimum atomic E-state index is -1.02. The van der Waals surface area contributed by atoms with Gasteiger partial charge in [0.05, 0.1) is 28.9 Å². The minimum Gasteiger partial charge on any atom is -0.465 e. The summed E-state index contributed by atoms with van der Waals surface area (Å²) in [6.45, 7) is 6.42. The van der Waals surface area contributed by atoms with Gasteiger partial charge < -0.3 is 25.8 Å². The average molecular weight is 425 g/mol. The van der Waals surface area contributed by atoms with Crippen LogP contribution < -0.4 is 10.6 Å². The third-order valence-corrected chi connectivity index (χ3v) is 5.65. The molecule has 0 aliphatic carbocycles. The van der Waals surface area contributed by atoms with E-state index in [1.807, 2.05) is 33.0 Å². The number of aliphatic hydroxyl groups is 1. The molecular formula is C21H27N7O3. The van der Waals surface area contributed by atoms with Crippen LogP contribution in [0.1, 0.15) is 27.2 Å². The van der Waals surface area contributed by atoms with Crippen LogP contribution in [0.3, 0.4) is 0 Å². The quantitative estimate of drug-likeness (QED) is 0.500. The number of pyridine rings is 1. The third-order valence-electron chi connectivity index (χ3n) is 5.65. The monoisotopic (exact) mass is 425 g/mol. The predicted molar refractivity (Wildman–Crippen MR) is 118 cm³/mol. The van der Waals surface area contributed by atoms with Crippen molar-refractivity contribution in [2.45, 2.75) is 44.9 Å². The van der Waals surface area contributed by atoms with Crippen LogP contribution in [0, 0.1) is 0 Å². The van der Waals surface area contributed by atoms with Crippen LogP contribution in [0.25, 0.3) is 22.3 Å². The molecule has 1 aliphatic rings. The Morgan fingerprint density at radius 1 is 1.29 bits per heavy atom. The van der Waals surface area contributed by atoms with Crippen molar-refractivity contribution in [1.82, 2.24) is 24.8 Å². The zero-order chi connectivity index (χ0) is 22.3. The van der Waals surface area contributed by atoms with Crippen molar-refractivity contribution in [3.05, 3.63) is 30.7 Å². The fraction of sp³-hybridized carbons (Fsp3) is 0.429. The number of hydrogen-bond acceptors (Lipinski definition) is 7. The van der Waals surface area contributed by atoms with Crippen LogP contribution >= 0.6 is 0 Å². The molecule has 4 heterocycles. The Morgan fingerprint density at radius 3 is 2.68 bits per heavy atom. The maximum atomic E-state index is 11.9. The molecule has 0 radical (unpaired) electrons. The summed E-state index contributed by atoms with van der Waals surface area (Å²) in [5.41, 5.74) is 8.27. The first-order valence-electron chi connectivity index (χ1n) is 10.2. The van der Waals surface area contributed by atoms with Crippen LogP contribution in [-0.2, 0) is 0 Å². The first-order valence-corrected chi connectivity index (χ1v) is 10.2. The fourth-order valence-electron chi connectivity index (χ4n) is 4.39. The van der Waals surface area contributed by atoms with Gasteiger partial charge in [-0.05, 0) is 39.3 Å². The van der Waals surface area contributed by atoms with E-state index in [4.69, 9.17) is 5.73 Å². The second kappa shape index (κ2) is 7.69. The van der Waals surface area contributed by atoms with Gasteiger partial charge in [0.15, 0.2) is 0 Å². The number of carbonyl (C=O) groups is 1. The van der Waals surface area contributed by atoms with Crippen LogP contribution in [0.4, 0.5) is 16.4 Å². The van der Waals surface area contributed by atoms with E-state index >= 15 is 0 Å². The number of aromatic nitrogens is 4. The zero-order valence-corrected chi connectivity index (χ0v) is 17.8. The highest BCUT2D eigenvalue weighted by Gasteiger charge is 2.40. The lowest BCUT2D eigenvalue weighted by molar-refractivity contribution is -0.000725. The summed E-state index contributed by atoms with van der Waals surface area (Å²) in [5, 5.41) is 21.5. The van der Waals surface area contributed by atoms with Crippen molar-refractivity contribution in [2.75, 3.05) is 23.7 Å². The van der Waals surface area contributed by atoms with Crippen molar-refractivity contribution in [2.24, 2.45) is 0 Å². The highest BCUT2D eigenvalue weighted by atomic mass is 16.4. The number of β-amino-alcohol motifs (C(OH)–C–C–N with tert-alkyl or cyclic N) is 1. The molecule has 1 saturated heterocycles. The Hall–Kier alpha value is -3.40. The number of H-pyrrole nitrogens is 1. The predicted octanol–water partition coefficient (Wildman–Crippen LogP) is 2.32. The SMILES string of the molecule is CC(C)(C)N(C(=O)O)[C@H]1CCN(c2ccnc3[nH]cc(-c4ccnc(N)n4)c23)C[C@@H]1O. The molecule has 31 heavy (non-hydrogen) atoms. The summed E-state index contributed by atoms with van der Waals surface area (Å²) in [4.78, 5) is 31.2. The number of aromatic amines is 1. The van der Waals surface area contributed by atoms with Gasteiger partial charge in [-0.15, -0.1) is 0 Å². The van der Waals surface area contributed by atoms with Gasteiger partial charge in [0.2, 0.25) is 5.95 Å². The van der Waals surface area contributed by atoms with E-state index in [-0.39, 0.29) is 5.95 Å². The Kier molecular flexibility index (Phi) is 5.18. The summed E-state index contributed by atoms with van der Waals surface area (Å²) in [6.07, 6.45) is 3.81. The molecule has 0 bridgehead atoms. The van der Waals surface area contributed by atoms with Crippen LogP contribution in [0.5, 0.6) is 0 Å². The van der Waals surface area contributed by atoms with Crippen molar-refractivity contribution in [3.8, 4) is 11.3 Å². The molecule has 4 rings (SSSR count). The molecule has 0 aromatic carbocycles. The number of nitrogen functional groups attached to an aromatic ring is 1. The molecule has 0 saturated carbocycles. The number of amides is 1. The Bertz CT molecular complexity index is 1110. The van der Waals surface area contributed by atoms with E-state index in [1.165, 1.54) is 4.90 Å². The standard InChI is InChI=1S/C21H27N7O3/c1-21(2,3)28(20(30)31)14-6-9-27(11-16(14)29)15-5-8-23-18-17(15)12(10-25-18)13-4-7-24-19(22)26-13/h4-5,7-8,10,14,16,29H,6,9,11H2,1-3H3,(H,23,25)(H,30,31)(H2,22,24,26)/t14-,16-/m0/s1. The first-order chi connectivity index (χ1) is 14.7. The van der Waals surface area contributed by atoms with E-state index in [0.717, 1.165) is 16.6 Å². The molecule has 1 aliphatic heterocycles. The number of rotatable bonds is 3. The fourth-order valence-corrected chi connectivity index (χ4v) is 4.39.